The van der Waals surface area contributed by atoms with Crippen molar-refractivity contribution in [3.63, 3.8) is 0 Å². The van der Waals surface area contributed by atoms with Gasteiger partial charge >= 0.3 is 0 Å². The molecule has 0 aromatic heterocycles. The van der Waals surface area contributed by atoms with Crippen molar-refractivity contribution >= 4 is 21.8 Å². The van der Waals surface area contributed by atoms with E-state index in [0.717, 1.165) is 5.56 Å². The smallest absolute Gasteiger partial charge is 0.257 e. The summed E-state index contributed by atoms with van der Waals surface area (Å²) < 4.78 is 25.5. The van der Waals surface area contributed by atoms with Crippen LogP contribution >= 0.6 is 0 Å². The molecule has 98 valence electrons. The molecule has 3 nitrogen and oxygen atoms in total. The molecule has 2 aromatic rings. The van der Waals surface area contributed by atoms with Gasteiger partial charge in [-0.3, -0.25) is 4.31 Å². The van der Waals surface area contributed by atoms with Gasteiger partial charge in [0, 0.05) is 7.05 Å². The molecule has 0 atom stereocenters. The molecule has 0 fully saturated rings. The van der Waals surface area contributed by atoms with Crippen LogP contribution in [-0.2, 0) is 10.0 Å². The number of hydrogen-bond donors (Lipinski definition) is 0. The first-order chi connectivity index (χ1) is 9.09. The van der Waals surface area contributed by atoms with E-state index in [1.807, 2.05) is 48.5 Å². The van der Waals surface area contributed by atoms with Crippen LogP contribution in [0.15, 0.2) is 66.1 Å². The van der Waals surface area contributed by atoms with Gasteiger partial charge in [0.05, 0.1) is 11.1 Å². The first-order valence-corrected chi connectivity index (χ1v) is 7.37. The Kier molecular flexibility index (Phi) is 4.02. The maximum atomic E-state index is 12.1. The van der Waals surface area contributed by atoms with Gasteiger partial charge < -0.3 is 0 Å². The summed E-state index contributed by atoms with van der Waals surface area (Å²) in [7, 11) is -1.92. The average molecular weight is 273 g/mol. The van der Waals surface area contributed by atoms with Crippen molar-refractivity contribution in [2.24, 2.45) is 0 Å². The first-order valence-electron chi connectivity index (χ1n) is 5.87. The van der Waals surface area contributed by atoms with Crippen LogP contribution in [-0.4, -0.2) is 15.5 Å². The lowest BCUT2D eigenvalue weighted by Gasteiger charge is -2.16. The van der Waals surface area contributed by atoms with Crippen molar-refractivity contribution in [3.05, 3.63) is 71.6 Å². The fraction of sp³-hybridized carbons (Fsp3) is 0.0667. The fourth-order valence-corrected chi connectivity index (χ4v) is 2.53. The van der Waals surface area contributed by atoms with E-state index in [4.69, 9.17) is 0 Å². The van der Waals surface area contributed by atoms with Crippen molar-refractivity contribution in [2.45, 2.75) is 0 Å². The summed E-state index contributed by atoms with van der Waals surface area (Å²) in [6.45, 7) is 0. The van der Waals surface area contributed by atoms with Gasteiger partial charge in [0.1, 0.15) is 0 Å². The second-order valence-electron chi connectivity index (χ2n) is 4.06. The number of anilines is 1. The molecule has 0 saturated carbocycles. The maximum Gasteiger partial charge on any atom is 0.257 e. The van der Waals surface area contributed by atoms with E-state index >= 15 is 0 Å². The molecular formula is C15H15NO2S. The summed E-state index contributed by atoms with van der Waals surface area (Å²) in [6, 6.07) is 18.3. The molecule has 0 unspecified atom stereocenters. The number of para-hydroxylation sites is 1. The van der Waals surface area contributed by atoms with Crippen LogP contribution in [0.3, 0.4) is 0 Å². The van der Waals surface area contributed by atoms with E-state index in [1.54, 1.807) is 25.3 Å². The third-order valence-electron chi connectivity index (χ3n) is 2.73. The summed E-state index contributed by atoms with van der Waals surface area (Å²) in [5, 5.41) is 1.22. The number of rotatable bonds is 4. The number of benzene rings is 2. The van der Waals surface area contributed by atoms with Gasteiger partial charge in [0.25, 0.3) is 10.0 Å². The van der Waals surface area contributed by atoms with Crippen LogP contribution < -0.4 is 4.31 Å². The van der Waals surface area contributed by atoms with Gasteiger partial charge in [-0.1, -0.05) is 48.5 Å². The van der Waals surface area contributed by atoms with Gasteiger partial charge in [-0.25, -0.2) is 8.42 Å². The van der Waals surface area contributed by atoms with Crippen LogP contribution in [0.2, 0.25) is 0 Å². The van der Waals surface area contributed by atoms with Crippen LogP contribution in [0, 0.1) is 0 Å². The predicted octanol–water partition coefficient (Wildman–Crippen LogP) is 3.12. The van der Waals surface area contributed by atoms with E-state index < -0.39 is 10.0 Å². The second-order valence-corrected chi connectivity index (χ2v) is 5.91. The molecule has 2 aromatic carbocycles. The van der Waals surface area contributed by atoms with Crippen molar-refractivity contribution in [1.29, 1.82) is 0 Å². The van der Waals surface area contributed by atoms with Crippen LogP contribution in [0.1, 0.15) is 5.56 Å². The van der Waals surface area contributed by atoms with E-state index in [0.29, 0.717) is 5.69 Å². The highest BCUT2D eigenvalue weighted by molar-refractivity contribution is 7.95. The summed E-state index contributed by atoms with van der Waals surface area (Å²) in [4.78, 5) is 0. The molecule has 0 spiro atoms. The minimum absolute atomic E-state index is 0.639. The molecule has 0 amide bonds. The third kappa shape index (κ3) is 3.45. The molecule has 19 heavy (non-hydrogen) atoms. The molecule has 0 heterocycles. The Hall–Kier alpha value is -2.07. The fourth-order valence-electron chi connectivity index (χ4n) is 1.60. The zero-order valence-electron chi connectivity index (χ0n) is 10.6. The topological polar surface area (TPSA) is 37.4 Å². The van der Waals surface area contributed by atoms with Crippen molar-refractivity contribution in [2.75, 3.05) is 11.4 Å². The normalized spacial score (nSPS) is 11.6. The molecule has 0 radical (unpaired) electrons. The number of nitrogens with zero attached hydrogens (tertiary/aromatic N) is 1. The third-order valence-corrected chi connectivity index (χ3v) is 4.19. The van der Waals surface area contributed by atoms with Gasteiger partial charge in [0.2, 0.25) is 0 Å². The molecule has 0 N–H and O–H groups in total. The molecular weight excluding hydrogens is 258 g/mol. The molecule has 0 aliphatic heterocycles. The summed E-state index contributed by atoms with van der Waals surface area (Å²) in [5.41, 5.74) is 1.49. The van der Waals surface area contributed by atoms with E-state index in [9.17, 15) is 8.42 Å². The molecule has 0 saturated heterocycles. The van der Waals surface area contributed by atoms with Crippen LogP contribution in [0.4, 0.5) is 5.69 Å². The minimum atomic E-state index is -3.46. The van der Waals surface area contributed by atoms with Crippen molar-refractivity contribution in [1.82, 2.24) is 0 Å². The van der Waals surface area contributed by atoms with E-state index in [-0.39, 0.29) is 0 Å². The standard InChI is InChI=1S/C15H15NO2S/c1-16(15-10-6-3-7-11-15)19(17,18)13-12-14-8-4-2-5-9-14/h2-13H,1H3/b13-12+. The molecule has 0 bridgehead atoms. The Bertz CT molecular complexity index is 649. The van der Waals surface area contributed by atoms with E-state index in [1.165, 1.54) is 9.71 Å². The monoisotopic (exact) mass is 273 g/mol. The van der Waals surface area contributed by atoms with Gasteiger partial charge in [-0.05, 0) is 23.8 Å². The lowest BCUT2D eigenvalue weighted by atomic mass is 10.2. The summed E-state index contributed by atoms with van der Waals surface area (Å²) in [6.07, 6.45) is 1.59. The predicted molar refractivity (Wildman–Crippen MR) is 79.2 cm³/mol. The Morgan fingerprint density at radius 2 is 1.42 bits per heavy atom. The minimum Gasteiger partial charge on any atom is -0.270 e. The van der Waals surface area contributed by atoms with Crippen LogP contribution in [0.5, 0.6) is 0 Å². The average Bonchev–Trinajstić information content (AvgIpc) is 2.46. The van der Waals surface area contributed by atoms with Gasteiger partial charge in [-0.15, -0.1) is 0 Å². The highest BCUT2D eigenvalue weighted by Gasteiger charge is 2.13. The largest absolute Gasteiger partial charge is 0.270 e. The summed E-state index contributed by atoms with van der Waals surface area (Å²) in [5.74, 6) is 0. The molecule has 2 rings (SSSR count). The van der Waals surface area contributed by atoms with Gasteiger partial charge in [-0.2, -0.15) is 0 Å². The molecule has 0 aliphatic rings. The summed E-state index contributed by atoms with van der Waals surface area (Å²) >= 11 is 0. The Morgan fingerprint density at radius 1 is 0.895 bits per heavy atom. The Morgan fingerprint density at radius 3 is 2.00 bits per heavy atom. The van der Waals surface area contributed by atoms with Crippen LogP contribution in [0.25, 0.3) is 6.08 Å². The lowest BCUT2D eigenvalue weighted by molar-refractivity contribution is 0.603. The van der Waals surface area contributed by atoms with E-state index in [2.05, 4.69) is 0 Å². The number of hydrogen-bond acceptors (Lipinski definition) is 2. The quantitative estimate of drug-likeness (QED) is 0.858. The Balaban J connectivity index is 2.22. The zero-order chi connectivity index (χ0) is 13.7. The molecule has 4 heteroatoms. The SMILES string of the molecule is CN(c1ccccc1)S(=O)(=O)/C=C/c1ccccc1. The zero-order valence-corrected chi connectivity index (χ0v) is 11.4. The van der Waals surface area contributed by atoms with Crippen molar-refractivity contribution in [3.8, 4) is 0 Å². The highest BCUT2D eigenvalue weighted by Crippen LogP contribution is 2.16. The first kappa shape index (κ1) is 13.4. The van der Waals surface area contributed by atoms with Crippen molar-refractivity contribution < 1.29 is 8.42 Å². The van der Waals surface area contributed by atoms with Gasteiger partial charge in [0.15, 0.2) is 0 Å². The number of sulfonamides is 1. The molecule has 0 aliphatic carbocycles. The second kappa shape index (κ2) is 5.71. The maximum absolute atomic E-state index is 12.1. The lowest BCUT2D eigenvalue weighted by Crippen LogP contribution is -2.23. The Labute approximate surface area is 113 Å². The highest BCUT2D eigenvalue weighted by atomic mass is 32.2.